The lowest BCUT2D eigenvalue weighted by Crippen LogP contribution is -2.12. The van der Waals surface area contributed by atoms with Gasteiger partial charge >= 0.3 is 0 Å². The molecule has 1 N–H and O–H groups in total. The van der Waals surface area contributed by atoms with E-state index in [1.165, 1.54) is 0 Å². The quantitative estimate of drug-likeness (QED) is 0.847. The van der Waals surface area contributed by atoms with E-state index >= 15 is 0 Å². The second-order valence-corrected chi connectivity index (χ2v) is 4.96. The molecular formula is C14H22FN5. The van der Waals surface area contributed by atoms with Crippen molar-refractivity contribution in [3.05, 3.63) is 29.8 Å². The number of aryl methyl sites for hydroxylation is 2. The van der Waals surface area contributed by atoms with Gasteiger partial charge in [0.25, 0.3) is 0 Å². The van der Waals surface area contributed by atoms with Gasteiger partial charge < -0.3 is 5.32 Å². The molecule has 0 saturated carbocycles. The molecule has 5 nitrogen and oxygen atoms in total. The number of hydrogen-bond acceptors (Lipinski definition) is 3. The van der Waals surface area contributed by atoms with Crippen LogP contribution >= 0.6 is 0 Å². The van der Waals surface area contributed by atoms with Gasteiger partial charge in [-0.1, -0.05) is 6.92 Å². The fraction of sp³-hybridized carbons (Fsp3) is 0.571. The number of anilines is 1. The Kier molecular flexibility index (Phi) is 4.76. The molecule has 1 unspecified atom stereocenters. The molecule has 0 aliphatic rings. The van der Waals surface area contributed by atoms with Gasteiger partial charge in [0, 0.05) is 18.4 Å². The third-order valence-electron chi connectivity index (χ3n) is 3.48. The van der Waals surface area contributed by atoms with Crippen LogP contribution in [0, 0.1) is 6.92 Å². The van der Waals surface area contributed by atoms with Gasteiger partial charge in [0.2, 0.25) is 0 Å². The number of aromatic nitrogens is 4. The van der Waals surface area contributed by atoms with Gasteiger partial charge in [-0.25, -0.2) is 4.39 Å². The van der Waals surface area contributed by atoms with E-state index in [1.54, 1.807) is 4.68 Å². The Morgan fingerprint density at radius 2 is 2.25 bits per heavy atom. The molecule has 0 aliphatic heterocycles. The lowest BCUT2D eigenvalue weighted by molar-refractivity contribution is 0.426. The van der Waals surface area contributed by atoms with Gasteiger partial charge in [-0.15, -0.1) is 0 Å². The van der Waals surface area contributed by atoms with Crippen LogP contribution in [0.25, 0.3) is 0 Å². The summed E-state index contributed by atoms with van der Waals surface area (Å²) in [5, 5.41) is 12.0. The highest BCUT2D eigenvalue weighted by Crippen LogP contribution is 2.16. The lowest BCUT2D eigenvalue weighted by Gasteiger charge is -2.14. The molecule has 2 aromatic rings. The van der Waals surface area contributed by atoms with Crippen LogP contribution in [0.3, 0.4) is 0 Å². The van der Waals surface area contributed by atoms with Gasteiger partial charge in [-0.3, -0.25) is 9.36 Å². The second kappa shape index (κ2) is 6.54. The van der Waals surface area contributed by atoms with E-state index in [0.717, 1.165) is 23.5 Å². The van der Waals surface area contributed by atoms with Crippen LogP contribution in [0.2, 0.25) is 0 Å². The van der Waals surface area contributed by atoms with Crippen LogP contribution in [-0.4, -0.2) is 26.2 Å². The molecule has 0 radical (unpaired) electrons. The van der Waals surface area contributed by atoms with Gasteiger partial charge in [-0.05, 0) is 26.3 Å². The first kappa shape index (κ1) is 14.6. The Morgan fingerprint density at radius 1 is 1.45 bits per heavy atom. The topological polar surface area (TPSA) is 47.7 Å². The Balaban J connectivity index is 2.03. The zero-order valence-corrected chi connectivity index (χ0v) is 12.3. The van der Waals surface area contributed by atoms with Crippen molar-refractivity contribution in [2.75, 3.05) is 12.0 Å². The maximum absolute atomic E-state index is 12.3. The van der Waals surface area contributed by atoms with E-state index in [9.17, 15) is 4.39 Å². The van der Waals surface area contributed by atoms with Crippen molar-refractivity contribution in [1.29, 1.82) is 0 Å². The molecule has 110 valence electrons. The predicted molar refractivity (Wildman–Crippen MR) is 77.5 cm³/mol. The maximum Gasteiger partial charge on any atom is 0.109 e. The van der Waals surface area contributed by atoms with Crippen LogP contribution in [0.5, 0.6) is 0 Å². The third-order valence-corrected chi connectivity index (χ3v) is 3.48. The third kappa shape index (κ3) is 3.18. The summed E-state index contributed by atoms with van der Waals surface area (Å²) < 4.78 is 16.0. The smallest absolute Gasteiger partial charge is 0.109 e. The molecule has 0 bridgehead atoms. The predicted octanol–water partition coefficient (Wildman–Crippen LogP) is 2.94. The molecule has 2 heterocycles. The summed E-state index contributed by atoms with van der Waals surface area (Å²) in [5.41, 5.74) is 2.96. The minimum Gasteiger partial charge on any atom is -0.377 e. The summed E-state index contributed by atoms with van der Waals surface area (Å²) in [4.78, 5) is 0. The first-order valence-corrected chi connectivity index (χ1v) is 7.02. The Hall–Kier alpha value is -1.85. The van der Waals surface area contributed by atoms with Gasteiger partial charge in [0.1, 0.15) is 6.67 Å². The van der Waals surface area contributed by atoms with Gasteiger partial charge in [0.05, 0.1) is 30.2 Å². The molecule has 2 rings (SSSR count). The van der Waals surface area contributed by atoms with Gasteiger partial charge in [0.15, 0.2) is 0 Å². The molecule has 2 aromatic heterocycles. The lowest BCUT2D eigenvalue weighted by atomic mass is 10.2. The Morgan fingerprint density at radius 3 is 2.95 bits per heavy atom. The molecule has 0 aromatic carbocycles. The molecule has 0 amide bonds. The Bertz CT molecular complexity index is 546. The van der Waals surface area contributed by atoms with Crippen molar-refractivity contribution in [2.45, 2.75) is 46.3 Å². The molecule has 20 heavy (non-hydrogen) atoms. The summed E-state index contributed by atoms with van der Waals surface area (Å²) in [6, 6.07) is 2.40. The van der Waals surface area contributed by atoms with Crippen LogP contribution in [0.4, 0.5) is 10.1 Å². The van der Waals surface area contributed by atoms with Crippen LogP contribution < -0.4 is 5.32 Å². The minimum absolute atomic E-state index is 0.299. The fourth-order valence-corrected chi connectivity index (χ4v) is 2.13. The molecule has 0 fully saturated rings. The summed E-state index contributed by atoms with van der Waals surface area (Å²) >= 11 is 0. The van der Waals surface area contributed by atoms with Crippen molar-refractivity contribution in [1.82, 2.24) is 19.6 Å². The van der Waals surface area contributed by atoms with Crippen molar-refractivity contribution in [3.63, 3.8) is 0 Å². The zero-order valence-electron chi connectivity index (χ0n) is 12.3. The number of alkyl halides is 1. The highest BCUT2D eigenvalue weighted by atomic mass is 19.1. The minimum atomic E-state index is -0.401. The van der Waals surface area contributed by atoms with Gasteiger partial charge in [-0.2, -0.15) is 10.2 Å². The van der Waals surface area contributed by atoms with E-state index in [2.05, 4.69) is 29.4 Å². The number of rotatable bonds is 7. The molecule has 0 saturated heterocycles. The average Bonchev–Trinajstić information content (AvgIpc) is 3.03. The van der Waals surface area contributed by atoms with E-state index in [0.29, 0.717) is 19.1 Å². The average molecular weight is 279 g/mol. The standard InChI is InChI=1S/C14H22FN5/c1-4-11(2)20-13(5-7-17-20)9-16-14-10-19(8-6-15)18-12(14)3/h5,7,10-11,16H,4,6,8-9H2,1-3H3. The summed E-state index contributed by atoms with van der Waals surface area (Å²) in [6.07, 6.45) is 4.71. The number of halogens is 1. The molecule has 6 heteroatoms. The summed E-state index contributed by atoms with van der Waals surface area (Å²) in [6.45, 7) is 6.81. The number of nitrogens with zero attached hydrogens (tertiary/aromatic N) is 4. The maximum atomic E-state index is 12.3. The highest BCUT2D eigenvalue weighted by Gasteiger charge is 2.09. The SMILES string of the molecule is CCC(C)n1nccc1CNc1cn(CCF)nc1C. The first-order chi connectivity index (χ1) is 9.65. The van der Waals surface area contributed by atoms with Crippen molar-refractivity contribution < 1.29 is 4.39 Å². The largest absolute Gasteiger partial charge is 0.377 e. The van der Waals surface area contributed by atoms with E-state index in [-0.39, 0.29) is 0 Å². The highest BCUT2D eigenvalue weighted by molar-refractivity contribution is 5.45. The number of nitrogens with one attached hydrogen (secondary N) is 1. The Labute approximate surface area is 118 Å². The zero-order chi connectivity index (χ0) is 14.5. The van der Waals surface area contributed by atoms with Crippen LogP contribution in [0.15, 0.2) is 18.5 Å². The van der Waals surface area contributed by atoms with Crippen molar-refractivity contribution >= 4 is 5.69 Å². The van der Waals surface area contributed by atoms with E-state index < -0.39 is 6.67 Å². The monoisotopic (exact) mass is 279 g/mol. The van der Waals surface area contributed by atoms with Crippen LogP contribution in [0.1, 0.15) is 37.7 Å². The molecular weight excluding hydrogens is 257 g/mol. The number of hydrogen-bond donors (Lipinski definition) is 1. The molecule has 0 spiro atoms. The van der Waals surface area contributed by atoms with E-state index in [4.69, 9.17) is 0 Å². The van der Waals surface area contributed by atoms with E-state index in [1.807, 2.05) is 30.1 Å². The summed E-state index contributed by atoms with van der Waals surface area (Å²) in [7, 11) is 0. The van der Waals surface area contributed by atoms with Crippen molar-refractivity contribution in [2.24, 2.45) is 0 Å². The molecule has 0 aliphatic carbocycles. The normalized spacial score (nSPS) is 12.6. The van der Waals surface area contributed by atoms with Crippen molar-refractivity contribution in [3.8, 4) is 0 Å². The molecule has 1 atom stereocenters. The van der Waals surface area contributed by atoms with Crippen LogP contribution in [-0.2, 0) is 13.1 Å². The summed E-state index contributed by atoms with van der Waals surface area (Å²) in [5.74, 6) is 0. The fourth-order valence-electron chi connectivity index (χ4n) is 2.13. The second-order valence-electron chi connectivity index (χ2n) is 4.96. The first-order valence-electron chi connectivity index (χ1n) is 7.02.